The van der Waals surface area contributed by atoms with E-state index in [1.165, 1.54) is 6.07 Å². The van der Waals surface area contributed by atoms with Gasteiger partial charge >= 0.3 is 5.97 Å². The number of aromatic carboxylic acids is 1. The third-order valence-electron chi connectivity index (χ3n) is 5.74. The van der Waals surface area contributed by atoms with Gasteiger partial charge in [-0.3, -0.25) is 0 Å². The third-order valence-corrected chi connectivity index (χ3v) is 5.74. The number of hydrogen-bond donors (Lipinski definition) is 4. The van der Waals surface area contributed by atoms with Gasteiger partial charge in [-0.25, -0.2) is 14.2 Å². The lowest BCUT2D eigenvalue weighted by Gasteiger charge is -2.22. The summed E-state index contributed by atoms with van der Waals surface area (Å²) in [4.78, 5) is 22.2. The molecule has 0 aliphatic rings. The van der Waals surface area contributed by atoms with E-state index in [-0.39, 0.29) is 17.1 Å². The summed E-state index contributed by atoms with van der Waals surface area (Å²) in [7, 11) is 0. The highest BCUT2D eigenvalue weighted by molar-refractivity contribution is 6.05. The molecule has 0 fully saturated rings. The molecule has 2 heterocycles. The second kappa shape index (κ2) is 8.17. The molecule has 4 N–H and O–H groups in total. The molecule has 5 rings (SSSR count). The highest BCUT2D eigenvalue weighted by atomic mass is 19.1. The minimum absolute atomic E-state index is 0.238. The van der Waals surface area contributed by atoms with E-state index < -0.39 is 17.4 Å². The molecule has 2 aromatic heterocycles. The number of benzene rings is 3. The van der Waals surface area contributed by atoms with E-state index in [0.717, 1.165) is 0 Å². The van der Waals surface area contributed by atoms with E-state index >= 15 is 0 Å². The molecule has 7 nitrogen and oxygen atoms in total. The average Bonchev–Trinajstić information content (AvgIpc) is 3.50. The number of ether oxygens (including phenoxy) is 1. The maximum absolute atomic E-state index is 14.8. The van der Waals surface area contributed by atoms with Crippen LogP contribution in [-0.4, -0.2) is 31.1 Å². The van der Waals surface area contributed by atoms with Crippen molar-refractivity contribution in [2.75, 3.05) is 0 Å². The maximum Gasteiger partial charge on any atom is 0.340 e. The first kappa shape index (κ1) is 21.4. The Bertz CT molecular complexity index is 1510. The van der Waals surface area contributed by atoms with E-state index in [0.29, 0.717) is 33.5 Å². The molecule has 0 aliphatic heterocycles. The number of carbonyl (C=O) groups is 1. The molecular formula is C26H20FN3O4. The summed E-state index contributed by atoms with van der Waals surface area (Å²) >= 11 is 0. The fourth-order valence-electron chi connectivity index (χ4n) is 3.92. The Kier molecular flexibility index (Phi) is 5.14. The van der Waals surface area contributed by atoms with Crippen molar-refractivity contribution < 1.29 is 24.1 Å². The van der Waals surface area contributed by atoms with Crippen molar-refractivity contribution >= 4 is 16.9 Å². The first-order chi connectivity index (χ1) is 16.3. The molecule has 0 amide bonds. The van der Waals surface area contributed by atoms with E-state index in [1.54, 1.807) is 49.6 Å². The van der Waals surface area contributed by atoms with Crippen LogP contribution in [0, 0.1) is 5.82 Å². The molecule has 8 heteroatoms. The number of carboxylic acid groups (broad SMARTS) is 1. The lowest BCUT2D eigenvalue weighted by atomic mass is 9.93. The topological polar surface area (TPSA) is 111 Å². The molecule has 0 aliphatic carbocycles. The lowest BCUT2D eigenvalue weighted by molar-refractivity contribution is 0.0695. The Hall–Kier alpha value is -4.43. The van der Waals surface area contributed by atoms with Crippen molar-refractivity contribution in [3.8, 4) is 22.9 Å². The average molecular weight is 457 g/mol. The van der Waals surface area contributed by atoms with Crippen molar-refractivity contribution in [2.24, 2.45) is 0 Å². The minimum atomic E-state index is -1.30. The zero-order valence-electron chi connectivity index (χ0n) is 18.0. The van der Waals surface area contributed by atoms with Crippen LogP contribution in [0.2, 0.25) is 0 Å². The van der Waals surface area contributed by atoms with Gasteiger partial charge in [-0.05, 0) is 30.7 Å². The van der Waals surface area contributed by atoms with Crippen LogP contribution in [0.4, 0.5) is 4.39 Å². The number of imidazole rings is 1. The molecule has 0 saturated heterocycles. The zero-order chi connectivity index (χ0) is 23.9. The highest BCUT2D eigenvalue weighted by Crippen LogP contribution is 2.36. The third kappa shape index (κ3) is 3.70. The van der Waals surface area contributed by atoms with Gasteiger partial charge in [0.2, 0.25) is 0 Å². The van der Waals surface area contributed by atoms with Gasteiger partial charge in [0, 0.05) is 28.7 Å². The van der Waals surface area contributed by atoms with Crippen LogP contribution in [0.25, 0.3) is 22.3 Å². The zero-order valence-corrected chi connectivity index (χ0v) is 18.0. The van der Waals surface area contributed by atoms with Crippen LogP contribution in [0.15, 0.2) is 79.1 Å². The number of hydrogen-bond acceptors (Lipinski definition) is 4. The summed E-state index contributed by atoms with van der Waals surface area (Å²) in [5.41, 5.74) is 0.640. The van der Waals surface area contributed by atoms with Crippen LogP contribution in [0.3, 0.4) is 0 Å². The number of carboxylic acids is 1. The summed E-state index contributed by atoms with van der Waals surface area (Å²) < 4.78 is 20.5. The smallest absolute Gasteiger partial charge is 0.340 e. The van der Waals surface area contributed by atoms with Crippen molar-refractivity contribution in [1.29, 1.82) is 0 Å². The Labute approximate surface area is 193 Å². The van der Waals surface area contributed by atoms with E-state index in [2.05, 4.69) is 15.0 Å². The summed E-state index contributed by atoms with van der Waals surface area (Å²) in [5, 5.41) is 21.1. The number of H-pyrrole nitrogens is 2. The SMILES string of the molecule is CC(O)(c1ccccc1)c1cnc(-c2cccc(Oc3c(F)cc4[nH]ccc4c3C(=O)O)c2)[nH]1. The number of aliphatic hydroxyl groups is 1. The van der Waals surface area contributed by atoms with E-state index in [1.807, 2.05) is 30.3 Å². The van der Waals surface area contributed by atoms with Gasteiger partial charge in [-0.1, -0.05) is 42.5 Å². The maximum atomic E-state index is 14.8. The quantitative estimate of drug-likeness (QED) is 0.271. The van der Waals surface area contributed by atoms with Gasteiger partial charge in [0.25, 0.3) is 0 Å². The van der Waals surface area contributed by atoms with Crippen molar-refractivity contribution in [3.05, 3.63) is 102 Å². The van der Waals surface area contributed by atoms with Crippen LogP contribution < -0.4 is 4.74 Å². The van der Waals surface area contributed by atoms with Crippen molar-refractivity contribution in [3.63, 3.8) is 0 Å². The first-order valence-electron chi connectivity index (χ1n) is 10.5. The molecule has 5 aromatic rings. The van der Waals surface area contributed by atoms with E-state index in [4.69, 9.17) is 4.74 Å². The van der Waals surface area contributed by atoms with E-state index in [9.17, 15) is 19.4 Å². The molecule has 0 bridgehead atoms. The Morgan fingerprint density at radius 1 is 1.09 bits per heavy atom. The van der Waals surface area contributed by atoms with Gasteiger partial charge in [-0.2, -0.15) is 0 Å². The lowest BCUT2D eigenvalue weighted by Crippen LogP contribution is -2.23. The second-order valence-electron chi connectivity index (χ2n) is 8.02. The summed E-state index contributed by atoms with van der Waals surface area (Å²) in [5.74, 6) is -1.76. The Morgan fingerprint density at radius 2 is 1.88 bits per heavy atom. The van der Waals surface area contributed by atoms with Gasteiger partial charge in [0.1, 0.15) is 22.7 Å². The predicted molar refractivity (Wildman–Crippen MR) is 124 cm³/mol. The fourth-order valence-corrected chi connectivity index (χ4v) is 3.92. The number of rotatable bonds is 6. The molecule has 34 heavy (non-hydrogen) atoms. The van der Waals surface area contributed by atoms with Gasteiger partial charge in [0.05, 0.1) is 11.9 Å². The monoisotopic (exact) mass is 457 g/mol. The number of aromatic nitrogens is 3. The van der Waals surface area contributed by atoms with Crippen molar-refractivity contribution in [1.82, 2.24) is 15.0 Å². The van der Waals surface area contributed by atoms with Crippen LogP contribution in [0.1, 0.15) is 28.5 Å². The number of nitrogens with zero attached hydrogens (tertiary/aromatic N) is 1. The molecular weight excluding hydrogens is 437 g/mol. The second-order valence-corrected chi connectivity index (χ2v) is 8.02. The molecule has 0 radical (unpaired) electrons. The minimum Gasteiger partial charge on any atom is -0.478 e. The number of fused-ring (bicyclic) bond motifs is 1. The summed E-state index contributed by atoms with van der Waals surface area (Å²) in [6, 6.07) is 18.6. The van der Waals surface area contributed by atoms with Gasteiger partial charge < -0.3 is 24.9 Å². The highest BCUT2D eigenvalue weighted by Gasteiger charge is 2.28. The molecule has 1 atom stereocenters. The fraction of sp³-hybridized carbons (Fsp3) is 0.0769. The Balaban J connectivity index is 1.49. The number of halogens is 1. The summed E-state index contributed by atoms with van der Waals surface area (Å²) in [6.07, 6.45) is 3.09. The number of aromatic amines is 2. The van der Waals surface area contributed by atoms with Crippen LogP contribution >= 0.6 is 0 Å². The summed E-state index contributed by atoms with van der Waals surface area (Å²) in [6.45, 7) is 1.67. The number of nitrogens with one attached hydrogen (secondary N) is 2. The van der Waals surface area contributed by atoms with Gasteiger partial charge in [-0.15, -0.1) is 0 Å². The first-order valence-corrected chi connectivity index (χ1v) is 10.5. The predicted octanol–water partition coefficient (Wildman–Crippen LogP) is 5.44. The van der Waals surface area contributed by atoms with Crippen LogP contribution in [-0.2, 0) is 5.60 Å². The van der Waals surface area contributed by atoms with Gasteiger partial charge in [0.15, 0.2) is 11.6 Å². The normalized spacial score (nSPS) is 13.0. The molecule has 0 saturated carbocycles. The Morgan fingerprint density at radius 3 is 2.65 bits per heavy atom. The molecule has 3 aromatic carbocycles. The van der Waals surface area contributed by atoms with Crippen molar-refractivity contribution in [2.45, 2.75) is 12.5 Å². The molecule has 170 valence electrons. The largest absolute Gasteiger partial charge is 0.478 e. The standard InChI is InChI=1S/C26H20FN3O4/c1-26(33,16-7-3-2-4-8-16)21-14-29-24(30-21)15-6-5-9-17(12-15)34-23-19(27)13-20-18(10-11-28-20)22(23)25(31)32/h2-14,28,33H,1H3,(H,29,30)(H,31,32). The molecule has 0 spiro atoms. The van der Waals surface area contributed by atoms with Crippen LogP contribution in [0.5, 0.6) is 11.5 Å². The molecule has 1 unspecified atom stereocenters.